The van der Waals surface area contributed by atoms with Gasteiger partial charge in [-0.3, -0.25) is 4.79 Å². The highest BCUT2D eigenvalue weighted by Gasteiger charge is 2.09. The zero-order valence-corrected chi connectivity index (χ0v) is 7.86. The molecule has 0 amide bonds. The normalized spacial score (nSPS) is 12.8. The predicted molar refractivity (Wildman–Crippen MR) is 47.5 cm³/mol. The summed E-state index contributed by atoms with van der Waals surface area (Å²) >= 11 is 0. The minimum absolute atomic E-state index is 0.335. The van der Waals surface area contributed by atoms with Crippen molar-refractivity contribution in [2.75, 3.05) is 26.4 Å². The second kappa shape index (κ2) is 7.97. The van der Waals surface area contributed by atoms with Crippen LogP contribution in [0.2, 0.25) is 0 Å². The maximum absolute atomic E-state index is 10.3. The van der Waals surface area contributed by atoms with Crippen LogP contribution in [0.1, 0.15) is 13.3 Å². The van der Waals surface area contributed by atoms with Gasteiger partial charge in [0.05, 0.1) is 13.2 Å². The van der Waals surface area contributed by atoms with Crippen molar-refractivity contribution in [3.05, 3.63) is 0 Å². The van der Waals surface area contributed by atoms with E-state index >= 15 is 0 Å². The molecule has 3 N–H and O–H groups in total. The first-order chi connectivity index (χ1) is 6.18. The SMILES string of the molecule is CCOCCOCCC(N)C(=O)O. The number of carboxylic acids is 1. The maximum atomic E-state index is 10.3. The second-order valence-corrected chi connectivity index (χ2v) is 2.54. The molecule has 0 saturated heterocycles. The molecule has 0 aromatic heterocycles. The summed E-state index contributed by atoms with van der Waals surface area (Å²) in [4.78, 5) is 10.3. The first-order valence-corrected chi connectivity index (χ1v) is 4.32. The summed E-state index contributed by atoms with van der Waals surface area (Å²) in [7, 11) is 0. The molecule has 0 radical (unpaired) electrons. The summed E-state index contributed by atoms with van der Waals surface area (Å²) in [5.74, 6) is -0.992. The van der Waals surface area contributed by atoms with Crippen molar-refractivity contribution in [1.29, 1.82) is 0 Å². The number of hydrogen-bond acceptors (Lipinski definition) is 4. The van der Waals surface area contributed by atoms with Crippen LogP contribution in [0.4, 0.5) is 0 Å². The third-order valence-corrected chi connectivity index (χ3v) is 1.47. The number of aliphatic carboxylic acids is 1. The molecule has 1 unspecified atom stereocenters. The van der Waals surface area contributed by atoms with E-state index in [-0.39, 0.29) is 0 Å². The molecule has 0 fully saturated rings. The van der Waals surface area contributed by atoms with Crippen LogP contribution in [0.25, 0.3) is 0 Å². The van der Waals surface area contributed by atoms with Crippen LogP contribution in [-0.2, 0) is 14.3 Å². The van der Waals surface area contributed by atoms with E-state index in [0.29, 0.717) is 32.8 Å². The van der Waals surface area contributed by atoms with E-state index in [1.54, 1.807) is 0 Å². The molecule has 5 heteroatoms. The molecular formula is C8H17NO4. The Morgan fingerprint density at radius 2 is 2.00 bits per heavy atom. The van der Waals surface area contributed by atoms with Crippen molar-refractivity contribution in [1.82, 2.24) is 0 Å². The fraction of sp³-hybridized carbons (Fsp3) is 0.875. The van der Waals surface area contributed by atoms with Gasteiger partial charge in [-0.05, 0) is 13.3 Å². The van der Waals surface area contributed by atoms with E-state index in [4.69, 9.17) is 20.3 Å². The van der Waals surface area contributed by atoms with E-state index < -0.39 is 12.0 Å². The van der Waals surface area contributed by atoms with Crippen molar-refractivity contribution >= 4 is 5.97 Å². The van der Waals surface area contributed by atoms with Gasteiger partial charge in [0.25, 0.3) is 0 Å². The Labute approximate surface area is 77.8 Å². The van der Waals surface area contributed by atoms with Crippen molar-refractivity contribution in [3.8, 4) is 0 Å². The summed E-state index contributed by atoms with van der Waals surface area (Å²) in [5.41, 5.74) is 5.25. The highest BCUT2D eigenvalue weighted by Crippen LogP contribution is 1.89. The first-order valence-electron chi connectivity index (χ1n) is 4.32. The summed E-state index contributed by atoms with van der Waals surface area (Å²) in [5, 5.41) is 8.42. The molecule has 0 aromatic rings. The Kier molecular flexibility index (Phi) is 7.57. The molecular weight excluding hydrogens is 174 g/mol. The standard InChI is InChI=1S/C8H17NO4/c1-2-12-5-6-13-4-3-7(9)8(10)11/h7H,2-6,9H2,1H3,(H,10,11). The fourth-order valence-electron chi connectivity index (χ4n) is 0.698. The van der Waals surface area contributed by atoms with E-state index in [1.165, 1.54) is 0 Å². The minimum Gasteiger partial charge on any atom is -0.480 e. The quantitative estimate of drug-likeness (QED) is 0.521. The number of carbonyl (C=O) groups is 1. The zero-order chi connectivity index (χ0) is 10.1. The van der Waals surface area contributed by atoms with Crippen molar-refractivity contribution < 1.29 is 19.4 Å². The zero-order valence-electron chi connectivity index (χ0n) is 7.86. The van der Waals surface area contributed by atoms with Gasteiger partial charge in [0.15, 0.2) is 0 Å². The Morgan fingerprint density at radius 3 is 2.54 bits per heavy atom. The summed E-state index contributed by atoms with van der Waals surface area (Å²) in [6.45, 7) is 3.96. The van der Waals surface area contributed by atoms with Gasteiger partial charge in [-0.25, -0.2) is 0 Å². The molecule has 0 heterocycles. The van der Waals surface area contributed by atoms with Crippen molar-refractivity contribution in [3.63, 3.8) is 0 Å². The van der Waals surface area contributed by atoms with Gasteiger partial charge in [0.1, 0.15) is 6.04 Å². The van der Waals surface area contributed by atoms with Crippen LogP contribution in [-0.4, -0.2) is 43.5 Å². The Balaban J connectivity index is 3.11. The number of carboxylic acid groups (broad SMARTS) is 1. The molecule has 0 bridgehead atoms. The summed E-state index contributed by atoms with van der Waals surface area (Å²) in [6.07, 6.45) is 0.335. The Morgan fingerprint density at radius 1 is 1.38 bits per heavy atom. The van der Waals surface area contributed by atoms with Gasteiger partial charge in [0, 0.05) is 13.2 Å². The third kappa shape index (κ3) is 7.70. The van der Waals surface area contributed by atoms with Gasteiger partial charge in [-0.1, -0.05) is 0 Å². The van der Waals surface area contributed by atoms with Gasteiger partial charge in [0.2, 0.25) is 0 Å². The molecule has 0 aliphatic heterocycles. The van der Waals surface area contributed by atoms with Gasteiger partial charge in [-0.2, -0.15) is 0 Å². The highest BCUT2D eigenvalue weighted by atomic mass is 16.5. The lowest BCUT2D eigenvalue weighted by atomic mass is 10.2. The van der Waals surface area contributed by atoms with Crippen LogP contribution < -0.4 is 5.73 Å². The largest absolute Gasteiger partial charge is 0.480 e. The maximum Gasteiger partial charge on any atom is 0.320 e. The van der Waals surface area contributed by atoms with Gasteiger partial charge in [-0.15, -0.1) is 0 Å². The average molecular weight is 191 g/mol. The predicted octanol–water partition coefficient (Wildman–Crippen LogP) is -0.158. The Hall–Kier alpha value is -0.650. The molecule has 0 aromatic carbocycles. The first kappa shape index (κ1) is 12.3. The lowest BCUT2D eigenvalue weighted by molar-refractivity contribution is -0.139. The van der Waals surface area contributed by atoms with Crippen molar-refractivity contribution in [2.45, 2.75) is 19.4 Å². The van der Waals surface area contributed by atoms with Gasteiger partial charge < -0.3 is 20.3 Å². The fourth-order valence-corrected chi connectivity index (χ4v) is 0.698. The number of rotatable bonds is 8. The molecule has 0 aliphatic carbocycles. The van der Waals surface area contributed by atoms with E-state index in [9.17, 15) is 4.79 Å². The van der Waals surface area contributed by atoms with Crippen molar-refractivity contribution in [2.24, 2.45) is 5.73 Å². The summed E-state index contributed by atoms with van der Waals surface area (Å²) in [6, 6.07) is -0.827. The smallest absolute Gasteiger partial charge is 0.320 e. The lowest BCUT2D eigenvalue weighted by Gasteiger charge is -2.06. The monoisotopic (exact) mass is 191 g/mol. The molecule has 1 atom stereocenters. The van der Waals surface area contributed by atoms with Crippen LogP contribution in [0.3, 0.4) is 0 Å². The van der Waals surface area contributed by atoms with E-state index in [0.717, 1.165) is 0 Å². The van der Waals surface area contributed by atoms with E-state index in [2.05, 4.69) is 0 Å². The molecule has 13 heavy (non-hydrogen) atoms. The molecule has 78 valence electrons. The number of ether oxygens (including phenoxy) is 2. The number of nitrogens with two attached hydrogens (primary N) is 1. The highest BCUT2D eigenvalue weighted by molar-refractivity contribution is 5.72. The second-order valence-electron chi connectivity index (χ2n) is 2.54. The van der Waals surface area contributed by atoms with Crippen LogP contribution in [0.5, 0.6) is 0 Å². The molecule has 0 rings (SSSR count). The lowest BCUT2D eigenvalue weighted by Crippen LogP contribution is -2.31. The van der Waals surface area contributed by atoms with Gasteiger partial charge >= 0.3 is 5.97 Å². The molecule has 0 saturated carbocycles. The minimum atomic E-state index is -0.992. The number of hydrogen-bond donors (Lipinski definition) is 2. The van der Waals surface area contributed by atoms with E-state index in [1.807, 2.05) is 6.92 Å². The topological polar surface area (TPSA) is 81.8 Å². The summed E-state index contributed by atoms with van der Waals surface area (Å²) < 4.78 is 10.1. The average Bonchev–Trinajstić information content (AvgIpc) is 2.10. The van der Waals surface area contributed by atoms with Crippen LogP contribution in [0, 0.1) is 0 Å². The molecule has 0 spiro atoms. The third-order valence-electron chi connectivity index (χ3n) is 1.47. The molecule has 5 nitrogen and oxygen atoms in total. The Bertz CT molecular complexity index is 140. The molecule has 0 aliphatic rings. The van der Waals surface area contributed by atoms with Crippen LogP contribution >= 0.6 is 0 Å². The van der Waals surface area contributed by atoms with Crippen LogP contribution in [0.15, 0.2) is 0 Å².